The Kier molecular flexibility index (Phi) is 4.45. The molecule has 1 atom stereocenters. The summed E-state index contributed by atoms with van der Waals surface area (Å²) in [4.78, 5) is 1.49. The van der Waals surface area contributed by atoms with Crippen LogP contribution >= 0.6 is 0 Å². The first-order valence-corrected chi connectivity index (χ1v) is 5.06. The predicted molar refractivity (Wildman–Crippen MR) is 60.5 cm³/mol. The third kappa shape index (κ3) is 3.17. The van der Waals surface area contributed by atoms with Crippen molar-refractivity contribution in [3.05, 3.63) is 29.6 Å². The number of hydrogen-bond donors (Lipinski definition) is 1. The maximum Gasteiger partial charge on any atom is 0.123 e. The van der Waals surface area contributed by atoms with Gasteiger partial charge < -0.3 is 10.0 Å². The van der Waals surface area contributed by atoms with Gasteiger partial charge in [0, 0.05) is 11.3 Å². The fourth-order valence-electron chi connectivity index (χ4n) is 1.54. The van der Waals surface area contributed by atoms with Crippen LogP contribution in [0.2, 0.25) is 0 Å². The van der Waals surface area contributed by atoms with Crippen LogP contribution in [-0.2, 0) is 0 Å². The molecule has 0 spiro atoms. The summed E-state index contributed by atoms with van der Waals surface area (Å²) in [5.74, 6) is -0.460. The zero-order chi connectivity index (χ0) is 12.8. The number of aliphatic hydroxyl groups excluding tert-OH is 1. The molecule has 4 nitrogen and oxygen atoms in total. The molecule has 1 rings (SSSR count). The van der Waals surface area contributed by atoms with Crippen LogP contribution in [0.15, 0.2) is 18.2 Å². The minimum atomic E-state index is -0.861. The fraction of sp³-hybridized carbons (Fsp3) is 0.333. The smallest absolute Gasteiger partial charge is 0.123 e. The van der Waals surface area contributed by atoms with Crippen molar-refractivity contribution >= 4 is 5.69 Å². The van der Waals surface area contributed by atoms with Crippen molar-refractivity contribution in [2.75, 3.05) is 18.0 Å². The van der Waals surface area contributed by atoms with Crippen LogP contribution in [-0.4, -0.2) is 18.2 Å². The lowest BCUT2D eigenvalue weighted by atomic mass is 10.1. The molecule has 0 saturated heterocycles. The van der Waals surface area contributed by atoms with Gasteiger partial charge in [-0.1, -0.05) is 0 Å². The Morgan fingerprint density at radius 3 is 2.41 bits per heavy atom. The Balaban J connectivity index is 3.19. The summed E-state index contributed by atoms with van der Waals surface area (Å²) in [6.07, 6.45) is -0.861. The molecule has 0 heterocycles. The second kappa shape index (κ2) is 5.83. The Morgan fingerprint density at radius 1 is 1.35 bits per heavy atom. The molecule has 0 aliphatic carbocycles. The lowest BCUT2D eigenvalue weighted by molar-refractivity contribution is 0.199. The number of aliphatic hydroxyl groups is 1. The molecule has 0 radical (unpaired) electrons. The summed E-state index contributed by atoms with van der Waals surface area (Å²) in [5.41, 5.74) is 0.875. The van der Waals surface area contributed by atoms with Gasteiger partial charge in [0.2, 0.25) is 0 Å². The molecule has 1 aromatic carbocycles. The number of nitriles is 2. The van der Waals surface area contributed by atoms with E-state index in [9.17, 15) is 9.50 Å². The third-order valence-electron chi connectivity index (χ3n) is 2.30. The molecule has 0 amide bonds. The predicted octanol–water partition coefficient (Wildman–Crippen LogP) is 1.73. The fourth-order valence-corrected chi connectivity index (χ4v) is 1.54. The Labute approximate surface area is 99.1 Å². The van der Waals surface area contributed by atoms with E-state index >= 15 is 0 Å². The molecule has 0 aromatic heterocycles. The number of halogens is 1. The van der Waals surface area contributed by atoms with E-state index in [-0.39, 0.29) is 13.1 Å². The van der Waals surface area contributed by atoms with Crippen molar-refractivity contribution in [3.63, 3.8) is 0 Å². The zero-order valence-corrected chi connectivity index (χ0v) is 9.39. The van der Waals surface area contributed by atoms with Crippen molar-refractivity contribution in [1.82, 2.24) is 0 Å². The normalized spacial score (nSPS) is 11.4. The molecule has 1 aromatic rings. The van der Waals surface area contributed by atoms with Crippen molar-refractivity contribution in [2.24, 2.45) is 0 Å². The van der Waals surface area contributed by atoms with Gasteiger partial charge in [-0.25, -0.2) is 4.39 Å². The van der Waals surface area contributed by atoms with Gasteiger partial charge >= 0.3 is 0 Å². The zero-order valence-electron chi connectivity index (χ0n) is 9.39. The summed E-state index contributed by atoms with van der Waals surface area (Å²) >= 11 is 0. The van der Waals surface area contributed by atoms with Gasteiger partial charge in [-0.05, 0) is 25.1 Å². The van der Waals surface area contributed by atoms with E-state index in [1.807, 2.05) is 12.1 Å². The summed E-state index contributed by atoms with van der Waals surface area (Å²) in [5, 5.41) is 26.9. The van der Waals surface area contributed by atoms with Gasteiger partial charge in [-0.15, -0.1) is 0 Å². The number of benzene rings is 1. The van der Waals surface area contributed by atoms with Crippen LogP contribution in [0.4, 0.5) is 10.1 Å². The number of anilines is 1. The maximum absolute atomic E-state index is 13.1. The van der Waals surface area contributed by atoms with Crippen LogP contribution in [0.5, 0.6) is 0 Å². The first kappa shape index (κ1) is 13.0. The minimum absolute atomic E-state index is 0.0128. The minimum Gasteiger partial charge on any atom is -0.389 e. The van der Waals surface area contributed by atoms with E-state index in [1.165, 1.54) is 30.0 Å². The van der Waals surface area contributed by atoms with Crippen molar-refractivity contribution in [1.29, 1.82) is 10.5 Å². The standard InChI is InChI=1S/C12H12FN3O/c1-9(17)11-8-10(13)2-3-12(11)16(6-4-14)7-5-15/h2-3,8-9,17H,6-7H2,1H3/t9-/m0/s1. The molecule has 0 fully saturated rings. The molecule has 88 valence electrons. The van der Waals surface area contributed by atoms with Crippen LogP contribution in [0.3, 0.4) is 0 Å². The van der Waals surface area contributed by atoms with Gasteiger partial charge in [0.15, 0.2) is 0 Å². The van der Waals surface area contributed by atoms with Crippen molar-refractivity contribution in [3.8, 4) is 12.1 Å². The Hall–Kier alpha value is -2.11. The van der Waals surface area contributed by atoms with E-state index in [0.717, 1.165) is 0 Å². The average molecular weight is 233 g/mol. The highest BCUT2D eigenvalue weighted by molar-refractivity contribution is 5.56. The van der Waals surface area contributed by atoms with Crippen molar-refractivity contribution in [2.45, 2.75) is 13.0 Å². The molecule has 0 aliphatic rings. The summed E-state index contributed by atoms with van der Waals surface area (Å²) < 4.78 is 13.1. The second-order valence-electron chi connectivity index (χ2n) is 3.55. The van der Waals surface area contributed by atoms with E-state index in [1.54, 1.807) is 0 Å². The van der Waals surface area contributed by atoms with Gasteiger partial charge in [0.1, 0.15) is 18.9 Å². The van der Waals surface area contributed by atoms with E-state index in [4.69, 9.17) is 10.5 Å². The van der Waals surface area contributed by atoms with Gasteiger partial charge in [-0.2, -0.15) is 10.5 Å². The molecule has 0 unspecified atom stereocenters. The lowest BCUT2D eigenvalue weighted by Gasteiger charge is -2.22. The summed E-state index contributed by atoms with van der Waals surface area (Å²) in [6, 6.07) is 7.78. The third-order valence-corrected chi connectivity index (χ3v) is 2.30. The molecule has 0 bridgehead atoms. The van der Waals surface area contributed by atoms with Crippen LogP contribution in [0.25, 0.3) is 0 Å². The Morgan fingerprint density at radius 2 is 1.94 bits per heavy atom. The molecular formula is C12H12FN3O. The average Bonchev–Trinajstić information content (AvgIpc) is 2.28. The van der Waals surface area contributed by atoms with Crippen LogP contribution in [0.1, 0.15) is 18.6 Å². The highest BCUT2D eigenvalue weighted by Crippen LogP contribution is 2.27. The molecule has 0 saturated carbocycles. The topological polar surface area (TPSA) is 71.0 Å². The van der Waals surface area contributed by atoms with Gasteiger partial charge in [0.05, 0.1) is 18.2 Å². The molecule has 0 aliphatic heterocycles. The van der Waals surface area contributed by atoms with E-state index in [2.05, 4.69) is 0 Å². The largest absolute Gasteiger partial charge is 0.389 e. The monoisotopic (exact) mass is 233 g/mol. The second-order valence-corrected chi connectivity index (χ2v) is 3.55. The number of hydrogen-bond acceptors (Lipinski definition) is 4. The Bertz CT molecular complexity index is 458. The van der Waals surface area contributed by atoms with E-state index in [0.29, 0.717) is 11.3 Å². The lowest BCUT2D eigenvalue weighted by Crippen LogP contribution is -2.25. The molecule has 1 N–H and O–H groups in total. The maximum atomic E-state index is 13.1. The number of rotatable bonds is 4. The van der Waals surface area contributed by atoms with Crippen molar-refractivity contribution < 1.29 is 9.50 Å². The first-order chi connectivity index (χ1) is 8.10. The first-order valence-electron chi connectivity index (χ1n) is 5.06. The molecule has 5 heteroatoms. The molecular weight excluding hydrogens is 221 g/mol. The van der Waals surface area contributed by atoms with E-state index < -0.39 is 11.9 Å². The highest BCUT2D eigenvalue weighted by Gasteiger charge is 2.14. The summed E-state index contributed by atoms with van der Waals surface area (Å²) in [6.45, 7) is 1.53. The highest BCUT2D eigenvalue weighted by atomic mass is 19.1. The van der Waals surface area contributed by atoms with Crippen LogP contribution < -0.4 is 4.90 Å². The quantitative estimate of drug-likeness (QED) is 0.804. The van der Waals surface area contributed by atoms with Crippen LogP contribution in [0, 0.1) is 28.5 Å². The SMILES string of the molecule is C[C@H](O)c1cc(F)ccc1N(CC#N)CC#N. The van der Waals surface area contributed by atoms with Gasteiger partial charge in [-0.3, -0.25) is 0 Å². The number of nitrogens with zero attached hydrogens (tertiary/aromatic N) is 3. The van der Waals surface area contributed by atoms with Gasteiger partial charge in [0.25, 0.3) is 0 Å². The summed E-state index contributed by atoms with van der Waals surface area (Å²) in [7, 11) is 0. The molecule has 17 heavy (non-hydrogen) atoms.